The molecular weight excluding hydrogens is 162 g/mol. The van der Waals surface area contributed by atoms with Crippen LogP contribution < -0.4 is 11.4 Å². The van der Waals surface area contributed by atoms with Crippen LogP contribution in [0.15, 0.2) is 9.59 Å². The molecule has 0 aliphatic heterocycles. The van der Waals surface area contributed by atoms with Gasteiger partial charge in [0.2, 0.25) is 0 Å². The first-order valence-corrected chi connectivity index (χ1v) is 3.45. The van der Waals surface area contributed by atoms with Crippen molar-refractivity contribution in [1.29, 1.82) is 0 Å². The predicted octanol–water partition coefficient (Wildman–Crippen LogP) is -1.62. The minimum Gasteiger partial charge on any atom is -0.393 e. The summed E-state index contributed by atoms with van der Waals surface area (Å²) in [6, 6.07) is 0. The Morgan fingerprint density at radius 2 is 2.17 bits per heavy atom. The van der Waals surface area contributed by atoms with E-state index in [2.05, 4.69) is 9.97 Å². The highest BCUT2D eigenvalue weighted by atomic mass is 16.3. The molecule has 1 aromatic rings. The van der Waals surface area contributed by atoms with Crippen molar-refractivity contribution in [2.75, 3.05) is 0 Å². The third-order valence-electron chi connectivity index (χ3n) is 1.20. The summed E-state index contributed by atoms with van der Waals surface area (Å²) in [5, 5.41) is 8.91. The lowest BCUT2D eigenvalue weighted by Crippen LogP contribution is -2.28. The molecule has 1 atom stereocenters. The maximum Gasteiger partial charge on any atom is 0.350 e. The van der Waals surface area contributed by atoms with Gasteiger partial charge in [0.05, 0.1) is 6.10 Å². The molecule has 1 unspecified atom stereocenters. The van der Waals surface area contributed by atoms with Crippen molar-refractivity contribution in [3.05, 3.63) is 26.8 Å². The molecule has 3 N–H and O–H groups in total. The average molecular weight is 171 g/mol. The molecule has 1 heterocycles. The largest absolute Gasteiger partial charge is 0.393 e. The van der Waals surface area contributed by atoms with Crippen LogP contribution in [-0.4, -0.2) is 26.2 Å². The minimum absolute atomic E-state index is 0.166. The first-order chi connectivity index (χ1) is 5.58. The molecule has 0 amide bonds. The van der Waals surface area contributed by atoms with Gasteiger partial charge in [-0.25, -0.2) is 9.59 Å². The van der Waals surface area contributed by atoms with Crippen LogP contribution >= 0.6 is 0 Å². The maximum atomic E-state index is 10.7. The van der Waals surface area contributed by atoms with Gasteiger partial charge in [-0.3, -0.25) is 9.97 Å². The fourth-order valence-corrected chi connectivity index (χ4v) is 0.814. The standard InChI is InChI=1S/C6H9N3O3/c1-3(10)2-4-7-5(11)9-6(12)8-4/h3,10H,2H2,1H3,(H2,7,8,9,11,12). The summed E-state index contributed by atoms with van der Waals surface area (Å²) in [7, 11) is 0. The number of aliphatic hydroxyl groups is 1. The summed E-state index contributed by atoms with van der Waals surface area (Å²) in [5.74, 6) is 0.193. The Labute approximate surface area is 67.3 Å². The number of hydrogen-bond donors (Lipinski definition) is 3. The highest BCUT2D eigenvalue weighted by Crippen LogP contribution is 1.89. The van der Waals surface area contributed by atoms with Gasteiger partial charge in [-0.05, 0) is 6.92 Å². The summed E-state index contributed by atoms with van der Waals surface area (Å²) in [4.78, 5) is 29.0. The van der Waals surface area contributed by atoms with E-state index in [-0.39, 0.29) is 12.2 Å². The fraction of sp³-hybridized carbons (Fsp3) is 0.500. The first kappa shape index (κ1) is 8.66. The number of aliphatic hydroxyl groups excluding tert-OH is 1. The summed E-state index contributed by atoms with van der Waals surface area (Å²) >= 11 is 0. The van der Waals surface area contributed by atoms with Crippen LogP contribution in [0.3, 0.4) is 0 Å². The Morgan fingerprint density at radius 1 is 1.50 bits per heavy atom. The molecule has 0 aromatic carbocycles. The van der Waals surface area contributed by atoms with Gasteiger partial charge in [0.25, 0.3) is 0 Å². The van der Waals surface area contributed by atoms with Crippen molar-refractivity contribution in [3.8, 4) is 0 Å². The Hall–Kier alpha value is -1.43. The van der Waals surface area contributed by atoms with Gasteiger partial charge in [0.15, 0.2) is 0 Å². The van der Waals surface area contributed by atoms with Crippen LogP contribution in [0, 0.1) is 0 Å². The minimum atomic E-state index is -0.700. The van der Waals surface area contributed by atoms with Crippen LogP contribution in [0.1, 0.15) is 12.7 Å². The van der Waals surface area contributed by atoms with Gasteiger partial charge >= 0.3 is 11.4 Å². The molecule has 0 saturated carbocycles. The van der Waals surface area contributed by atoms with Crippen LogP contribution in [0.4, 0.5) is 0 Å². The molecule has 6 nitrogen and oxygen atoms in total. The highest BCUT2D eigenvalue weighted by molar-refractivity contribution is 4.83. The van der Waals surface area contributed by atoms with Gasteiger partial charge in [-0.2, -0.15) is 4.98 Å². The lowest BCUT2D eigenvalue weighted by Gasteiger charge is -2.00. The molecule has 0 fully saturated rings. The normalized spacial score (nSPS) is 12.8. The number of H-pyrrole nitrogens is 2. The van der Waals surface area contributed by atoms with E-state index in [9.17, 15) is 9.59 Å². The van der Waals surface area contributed by atoms with Gasteiger partial charge in [-0.15, -0.1) is 0 Å². The summed E-state index contributed by atoms with van der Waals surface area (Å²) in [6.45, 7) is 1.54. The zero-order valence-electron chi connectivity index (χ0n) is 6.50. The second kappa shape index (κ2) is 3.31. The molecule has 0 spiro atoms. The van der Waals surface area contributed by atoms with Crippen LogP contribution in [0.5, 0.6) is 0 Å². The molecule has 66 valence electrons. The van der Waals surface area contributed by atoms with E-state index in [1.165, 1.54) is 0 Å². The zero-order valence-corrected chi connectivity index (χ0v) is 6.50. The quantitative estimate of drug-likeness (QED) is 0.498. The van der Waals surface area contributed by atoms with Crippen molar-refractivity contribution in [3.63, 3.8) is 0 Å². The van der Waals surface area contributed by atoms with Gasteiger partial charge in [-0.1, -0.05) is 0 Å². The second-order valence-electron chi connectivity index (χ2n) is 2.50. The van der Waals surface area contributed by atoms with Crippen molar-refractivity contribution in [2.24, 2.45) is 0 Å². The molecule has 0 bridgehead atoms. The molecule has 0 aliphatic carbocycles. The van der Waals surface area contributed by atoms with E-state index >= 15 is 0 Å². The number of aromatic amines is 2. The molecule has 12 heavy (non-hydrogen) atoms. The number of hydrogen-bond acceptors (Lipinski definition) is 4. The Kier molecular flexibility index (Phi) is 2.39. The van der Waals surface area contributed by atoms with Gasteiger partial charge in [0.1, 0.15) is 5.82 Å². The average Bonchev–Trinajstić information content (AvgIpc) is 1.81. The van der Waals surface area contributed by atoms with Crippen molar-refractivity contribution in [2.45, 2.75) is 19.4 Å². The summed E-state index contributed by atoms with van der Waals surface area (Å²) in [5.41, 5.74) is -1.31. The monoisotopic (exact) mass is 171 g/mol. The van der Waals surface area contributed by atoms with Gasteiger partial charge in [0, 0.05) is 6.42 Å². The number of nitrogens with one attached hydrogen (secondary N) is 2. The Morgan fingerprint density at radius 3 is 2.67 bits per heavy atom. The fourth-order valence-electron chi connectivity index (χ4n) is 0.814. The zero-order chi connectivity index (χ0) is 9.14. The lowest BCUT2D eigenvalue weighted by molar-refractivity contribution is 0.192. The van der Waals surface area contributed by atoms with Crippen LogP contribution in [0.2, 0.25) is 0 Å². The van der Waals surface area contributed by atoms with Crippen LogP contribution in [-0.2, 0) is 6.42 Å². The molecule has 1 rings (SSSR count). The SMILES string of the molecule is CC(O)Cc1nc(=O)[nH]c(=O)[nH]1. The predicted molar refractivity (Wildman–Crippen MR) is 40.9 cm³/mol. The van der Waals surface area contributed by atoms with Crippen molar-refractivity contribution >= 4 is 0 Å². The van der Waals surface area contributed by atoms with E-state index < -0.39 is 17.5 Å². The number of rotatable bonds is 2. The van der Waals surface area contributed by atoms with Crippen molar-refractivity contribution in [1.82, 2.24) is 15.0 Å². The maximum absolute atomic E-state index is 10.7. The molecular formula is C6H9N3O3. The molecule has 0 aliphatic rings. The number of nitrogens with zero attached hydrogens (tertiary/aromatic N) is 1. The van der Waals surface area contributed by atoms with E-state index in [0.29, 0.717) is 0 Å². The van der Waals surface area contributed by atoms with E-state index in [1.807, 2.05) is 4.98 Å². The third kappa shape index (κ3) is 2.31. The van der Waals surface area contributed by atoms with E-state index in [1.54, 1.807) is 6.92 Å². The topological polar surface area (TPSA) is 98.8 Å². The third-order valence-corrected chi connectivity index (χ3v) is 1.20. The second-order valence-corrected chi connectivity index (χ2v) is 2.50. The van der Waals surface area contributed by atoms with Crippen molar-refractivity contribution < 1.29 is 5.11 Å². The molecule has 6 heteroatoms. The molecule has 0 radical (unpaired) electrons. The number of aromatic nitrogens is 3. The first-order valence-electron chi connectivity index (χ1n) is 3.45. The highest BCUT2D eigenvalue weighted by Gasteiger charge is 2.01. The lowest BCUT2D eigenvalue weighted by atomic mass is 10.3. The molecule has 1 aromatic heterocycles. The Bertz CT molecular complexity index is 337. The summed E-state index contributed by atoms with van der Waals surface area (Å²) < 4.78 is 0. The van der Waals surface area contributed by atoms with Crippen LogP contribution in [0.25, 0.3) is 0 Å². The smallest absolute Gasteiger partial charge is 0.350 e. The van der Waals surface area contributed by atoms with Gasteiger partial charge < -0.3 is 5.11 Å². The van der Waals surface area contributed by atoms with E-state index in [4.69, 9.17) is 5.11 Å². The Balaban J connectivity index is 3.01. The summed E-state index contributed by atoms with van der Waals surface area (Å²) in [6.07, 6.45) is -0.464. The van der Waals surface area contributed by atoms with E-state index in [0.717, 1.165) is 0 Å². The molecule has 0 saturated heterocycles.